The van der Waals surface area contributed by atoms with E-state index in [2.05, 4.69) is 31.5 Å². The lowest BCUT2D eigenvalue weighted by molar-refractivity contribution is 0.237. The molecule has 0 aliphatic carbocycles. The van der Waals surface area contributed by atoms with E-state index in [0.29, 0.717) is 6.54 Å². The molecule has 0 saturated carbocycles. The Balaban J connectivity index is 1.81. The van der Waals surface area contributed by atoms with E-state index in [1.165, 1.54) is 0 Å². The summed E-state index contributed by atoms with van der Waals surface area (Å²) in [6.45, 7) is 2.43. The molecule has 0 radical (unpaired) electrons. The maximum Gasteiger partial charge on any atom is 0.315 e. The lowest BCUT2D eigenvalue weighted by Gasteiger charge is -2.13. The molecule has 2 amide bonds. The molecule has 2 aromatic heterocycles. The molecule has 4 nitrogen and oxygen atoms in total. The average Bonchev–Trinajstić information content (AvgIpc) is 2.83. The molecule has 0 aliphatic heterocycles. The van der Waals surface area contributed by atoms with Crippen molar-refractivity contribution in [1.29, 1.82) is 0 Å². The zero-order valence-corrected chi connectivity index (χ0v) is 12.8. The van der Waals surface area contributed by atoms with Crippen LogP contribution >= 0.6 is 27.3 Å². The second-order valence-electron chi connectivity index (χ2n) is 4.03. The number of aromatic nitrogens is 1. The zero-order valence-electron chi connectivity index (χ0n) is 10.4. The van der Waals surface area contributed by atoms with Gasteiger partial charge in [0, 0.05) is 20.9 Å². The number of hydrogen-bond donors (Lipinski definition) is 2. The summed E-state index contributed by atoms with van der Waals surface area (Å²) >= 11 is 4.99. The second-order valence-corrected chi connectivity index (χ2v) is 5.95. The predicted molar refractivity (Wildman–Crippen MR) is 80.0 cm³/mol. The number of nitrogens with one attached hydrogen (secondary N) is 2. The van der Waals surface area contributed by atoms with Gasteiger partial charge in [-0.1, -0.05) is 6.07 Å². The highest BCUT2D eigenvalue weighted by molar-refractivity contribution is 9.10. The van der Waals surface area contributed by atoms with Crippen LogP contribution in [0, 0.1) is 0 Å². The number of thiophene rings is 1. The summed E-state index contributed by atoms with van der Waals surface area (Å²) in [6.07, 6.45) is 1.72. The fourth-order valence-corrected chi connectivity index (χ4v) is 2.96. The van der Waals surface area contributed by atoms with Gasteiger partial charge in [-0.25, -0.2) is 4.79 Å². The third-order valence-electron chi connectivity index (χ3n) is 2.52. The molecule has 19 heavy (non-hydrogen) atoms. The fourth-order valence-electron chi connectivity index (χ4n) is 1.57. The molecule has 0 unspecified atom stereocenters. The van der Waals surface area contributed by atoms with Gasteiger partial charge in [-0.15, -0.1) is 11.3 Å². The minimum atomic E-state index is -0.192. The summed E-state index contributed by atoms with van der Waals surface area (Å²) in [5, 5.41) is 7.67. The van der Waals surface area contributed by atoms with Crippen LogP contribution in [0.1, 0.15) is 23.5 Å². The number of halogens is 1. The lowest BCUT2D eigenvalue weighted by Crippen LogP contribution is -2.36. The molecule has 2 rings (SSSR count). The molecule has 2 heterocycles. The van der Waals surface area contributed by atoms with Crippen LogP contribution in [0.5, 0.6) is 0 Å². The van der Waals surface area contributed by atoms with E-state index in [4.69, 9.17) is 0 Å². The number of carbonyl (C=O) groups excluding carboxylic acids is 1. The number of carbonyl (C=O) groups is 1. The van der Waals surface area contributed by atoms with Gasteiger partial charge in [0.2, 0.25) is 0 Å². The van der Waals surface area contributed by atoms with Gasteiger partial charge < -0.3 is 10.6 Å². The van der Waals surface area contributed by atoms with Gasteiger partial charge in [0.1, 0.15) is 0 Å². The van der Waals surface area contributed by atoms with Gasteiger partial charge in [-0.3, -0.25) is 4.98 Å². The molecule has 0 saturated heterocycles. The van der Waals surface area contributed by atoms with E-state index in [0.717, 1.165) is 15.0 Å². The van der Waals surface area contributed by atoms with Crippen molar-refractivity contribution in [3.63, 3.8) is 0 Å². The van der Waals surface area contributed by atoms with Crippen molar-refractivity contribution < 1.29 is 4.79 Å². The number of hydrogen-bond acceptors (Lipinski definition) is 3. The minimum absolute atomic E-state index is 0.115. The normalized spacial score (nSPS) is 11.9. The Morgan fingerprint density at radius 1 is 1.53 bits per heavy atom. The summed E-state index contributed by atoms with van der Waals surface area (Å²) in [4.78, 5) is 17.1. The van der Waals surface area contributed by atoms with Crippen molar-refractivity contribution >= 4 is 33.3 Å². The van der Waals surface area contributed by atoms with Crippen molar-refractivity contribution in [2.45, 2.75) is 19.5 Å². The van der Waals surface area contributed by atoms with E-state index in [9.17, 15) is 4.79 Å². The molecule has 1 atom stereocenters. The molecule has 100 valence electrons. The highest BCUT2D eigenvalue weighted by Crippen LogP contribution is 2.19. The zero-order chi connectivity index (χ0) is 13.7. The molecule has 2 N–H and O–H groups in total. The van der Waals surface area contributed by atoms with Gasteiger partial charge in [0.05, 0.1) is 18.3 Å². The van der Waals surface area contributed by atoms with Gasteiger partial charge in [-0.2, -0.15) is 0 Å². The summed E-state index contributed by atoms with van der Waals surface area (Å²) in [5.41, 5.74) is 0.844. The van der Waals surface area contributed by atoms with Crippen molar-refractivity contribution in [2.24, 2.45) is 0 Å². The third-order valence-corrected chi connectivity index (χ3v) is 4.22. The van der Waals surface area contributed by atoms with Gasteiger partial charge in [0.15, 0.2) is 0 Å². The summed E-state index contributed by atoms with van der Waals surface area (Å²) in [5.74, 6) is 0. The first kappa shape index (κ1) is 14.0. The molecule has 6 heteroatoms. The molecular weight excluding hydrogens is 326 g/mol. The van der Waals surface area contributed by atoms with Crippen LogP contribution in [0.3, 0.4) is 0 Å². The van der Waals surface area contributed by atoms with Crippen molar-refractivity contribution in [2.75, 3.05) is 0 Å². The van der Waals surface area contributed by atoms with E-state index >= 15 is 0 Å². The maximum atomic E-state index is 11.7. The first-order valence-electron chi connectivity index (χ1n) is 5.83. The number of rotatable bonds is 4. The Morgan fingerprint density at radius 2 is 2.37 bits per heavy atom. The summed E-state index contributed by atoms with van der Waals surface area (Å²) in [7, 11) is 0. The number of urea groups is 1. The third kappa shape index (κ3) is 4.33. The van der Waals surface area contributed by atoms with Crippen LogP contribution in [0.25, 0.3) is 0 Å². The number of nitrogens with zero attached hydrogens (tertiary/aromatic N) is 1. The smallest absolute Gasteiger partial charge is 0.315 e. The average molecular weight is 340 g/mol. The number of pyridine rings is 1. The van der Waals surface area contributed by atoms with E-state index in [1.807, 2.05) is 36.6 Å². The van der Waals surface area contributed by atoms with Crippen molar-refractivity contribution in [3.05, 3.63) is 50.9 Å². The summed E-state index contributed by atoms with van der Waals surface area (Å²) in [6, 6.07) is 7.33. The van der Waals surface area contributed by atoms with Crippen LogP contribution in [0.2, 0.25) is 0 Å². The highest BCUT2D eigenvalue weighted by Gasteiger charge is 2.09. The first-order chi connectivity index (χ1) is 9.15. The maximum absolute atomic E-state index is 11.7. The van der Waals surface area contributed by atoms with Crippen LogP contribution in [0.4, 0.5) is 4.79 Å². The van der Waals surface area contributed by atoms with Crippen LogP contribution < -0.4 is 10.6 Å². The highest BCUT2D eigenvalue weighted by atomic mass is 79.9. The van der Waals surface area contributed by atoms with Crippen molar-refractivity contribution in [3.8, 4) is 0 Å². The molecule has 0 aliphatic rings. The van der Waals surface area contributed by atoms with Gasteiger partial charge in [-0.05, 0) is 41.1 Å². The Bertz CT molecular complexity index is 544. The molecule has 2 aromatic rings. The molecule has 0 fully saturated rings. The van der Waals surface area contributed by atoms with E-state index in [1.54, 1.807) is 17.5 Å². The minimum Gasteiger partial charge on any atom is -0.333 e. The van der Waals surface area contributed by atoms with Crippen LogP contribution in [0.15, 0.2) is 40.3 Å². The topological polar surface area (TPSA) is 54.0 Å². The quantitative estimate of drug-likeness (QED) is 0.896. The SMILES string of the molecule is C[C@@H](NC(=O)NCc1cc(Br)cs1)c1ccccn1. The monoisotopic (exact) mass is 339 g/mol. The van der Waals surface area contributed by atoms with Crippen LogP contribution in [-0.2, 0) is 6.54 Å². The van der Waals surface area contributed by atoms with Gasteiger partial charge in [0.25, 0.3) is 0 Å². The first-order valence-corrected chi connectivity index (χ1v) is 7.50. The molecule has 0 spiro atoms. The Kier molecular flexibility index (Phi) is 4.93. The van der Waals surface area contributed by atoms with E-state index in [-0.39, 0.29) is 12.1 Å². The predicted octanol–water partition coefficient (Wildman–Crippen LogP) is 3.47. The van der Waals surface area contributed by atoms with Crippen LogP contribution in [-0.4, -0.2) is 11.0 Å². The Hall–Kier alpha value is -1.40. The largest absolute Gasteiger partial charge is 0.333 e. The van der Waals surface area contributed by atoms with Crippen molar-refractivity contribution in [1.82, 2.24) is 15.6 Å². The fraction of sp³-hybridized carbons (Fsp3) is 0.231. The summed E-state index contributed by atoms with van der Waals surface area (Å²) < 4.78 is 1.04. The van der Waals surface area contributed by atoms with E-state index < -0.39 is 0 Å². The molecule has 0 bridgehead atoms. The standard InChI is InChI=1S/C13H14BrN3OS/c1-9(12-4-2-3-5-15-12)17-13(18)16-7-11-6-10(14)8-19-11/h2-6,8-9H,7H2,1H3,(H2,16,17,18)/t9-/m1/s1. The molecular formula is C13H14BrN3OS. The molecule has 0 aromatic carbocycles. The Morgan fingerprint density at radius 3 is 3.00 bits per heavy atom. The lowest BCUT2D eigenvalue weighted by atomic mass is 10.2. The van der Waals surface area contributed by atoms with Gasteiger partial charge >= 0.3 is 6.03 Å². The second kappa shape index (κ2) is 6.68. The Labute approximate surface area is 124 Å². The number of amides is 2.